The monoisotopic (exact) mass is 382 g/mol. The zero-order chi connectivity index (χ0) is 18.0. The Morgan fingerprint density at radius 3 is 2.64 bits per heavy atom. The lowest BCUT2D eigenvalue weighted by Gasteiger charge is -2.26. The minimum absolute atomic E-state index is 0.000555. The number of carbonyl (C=O) groups excluding carboxylic acids is 1. The summed E-state index contributed by atoms with van der Waals surface area (Å²) in [4.78, 5) is 24.1. The van der Waals surface area contributed by atoms with Gasteiger partial charge in [-0.3, -0.25) is 14.8 Å². The average Bonchev–Trinajstić information content (AvgIpc) is 3.14. The number of carboxylic acids is 1. The molecule has 1 aliphatic rings. The molecule has 3 N–H and O–H groups in total. The van der Waals surface area contributed by atoms with Crippen LogP contribution in [0.25, 0.3) is 10.6 Å². The first-order valence-corrected chi connectivity index (χ1v) is 9.22. The number of hydrogen-bond donors (Lipinski definition) is 3. The minimum atomic E-state index is -0.751. The number of urea groups is 1. The van der Waals surface area contributed by atoms with Crippen LogP contribution in [0.15, 0.2) is 18.2 Å². The van der Waals surface area contributed by atoms with Gasteiger partial charge in [-0.15, -0.1) is 11.3 Å². The molecule has 0 aliphatic heterocycles. The largest absolute Gasteiger partial charge is 0.481 e. The molecule has 7 nitrogen and oxygen atoms in total. The van der Waals surface area contributed by atoms with Gasteiger partial charge >= 0.3 is 12.0 Å². The normalized spacial score (nSPS) is 20.2. The number of hydrogen-bond acceptors (Lipinski definition) is 4. The second-order valence-electron chi connectivity index (χ2n) is 6.13. The molecule has 134 valence electrons. The number of halogens is 1. The van der Waals surface area contributed by atoms with E-state index in [4.69, 9.17) is 16.7 Å². The summed E-state index contributed by atoms with van der Waals surface area (Å²) in [6, 6.07) is 5.18. The summed E-state index contributed by atoms with van der Waals surface area (Å²) in [6.07, 6.45) is 2.54. The van der Waals surface area contributed by atoms with Crippen molar-refractivity contribution in [3.05, 3.63) is 22.5 Å². The third-order valence-electron chi connectivity index (χ3n) is 4.36. The van der Waals surface area contributed by atoms with E-state index in [-0.39, 0.29) is 18.0 Å². The fourth-order valence-electron chi connectivity index (χ4n) is 2.98. The van der Waals surface area contributed by atoms with Gasteiger partial charge in [-0.2, -0.15) is 5.10 Å². The van der Waals surface area contributed by atoms with Crippen molar-refractivity contribution in [3.63, 3.8) is 0 Å². The molecule has 2 amide bonds. The van der Waals surface area contributed by atoms with Crippen molar-refractivity contribution in [2.75, 3.05) is 5.32 Å². The molecule has 2 aromatic heterocycles. The predicted octanol–water partition coefficient (Wildman–Crippen LogP) is 3.57. The summed E-state index contributed by atoms with van der Waals surface area (Å²) >= 11 is 7.37. The number of carbonyl (C=O) groups is 2. The smallest absolute Gasteiger partial charge is 0.320 e. The molecule has 2 aromatic rings. The van der Waals surface area contributed by atoms with Crippen molar-refractivity contribution in [2.45, 2.75) is 31.7 Å². The summed E-state index contributed by atoms with van der Waals surface area (Å²) in [7, 11) is 1.76. The Morgan fingerprint density at radius 1 is 1.32 bits per heavy atom. The van der Waals surface area contributed by atoms with E-state index < -0.39 is 5.97 Å². The van der Waals surface area contributed by atoms with Crippen LogP contribution in [0.3, 0.4) is 0 Å². The van der Waals surface area contributed by atoms with E-state index in [1.54, 1.807) is 17.8 Å². The van der Waals surface area contributed by atoms with E-state index in [1.165, 1.54) is 11.3 Å². The molecule has 1 fully saturated rings. The number of anilines is 1. The minimum Gasteiger partial charge on any atom is -0.481 e. The lowest BCUT2D eigenvalue weighted by molar-refractivity contribution is -0.142. The maximum atomic E-state index is 12.2. The first-order chi connectivity index (χ1) is 11.9. The predicted molar refractivity (Wildman–Crippen MR) is 97.1 cm³/mol. The molecule has 0 unspecified atom stereocenters. The molecular weight excluding hydrogens is 364 g/mol. The van der Waals surface area contributed by atoms with Gasteiger partial charge in [0.2, 0.25) is 0 Å². The number of aromatic nitrogens is 2. The molecule has 0 saturated heterocycles. The summed E-state index contributed by atoms with van der Waals surface area (Å²) < 4.78 is 2.29. The number of nitrogens with one attached hydrogen (secondary N) is 2. The highest BCUT2D eigenvalue weighted by Gasteiger charge is 2.26. The molecule has 0 radical (unpaired) electrons. The molecule has 1 saturated carbocycles. The van der Waals surface area contributed by atoms with Crippen LogP contribution in [-0.4, -0.2) is 32.9 Å². The lowest BCUT2D eigenvalue weighted by atomic mass is 9.86. The van der Waals surface area contributed by atoms with Gasteiger partial charge in [-0.05, 0) is 37.8 Å². The van der Waals surface area contributed by atoms with Gasteiger partial charge in [0.15, 0.2) is 0 Å². The standard InChI is InChI=1S/C16H19ClN4O3S/c1-21-14(8-11(20-21)12-6-7-13(17)25-12)19-16(24)18-10-4-2-9(3-5-10)15(22)23/h6-10H,2-5H2,1H3,(H,22,23)(H2,18,19,24). The van der Waals surface area contributed by atoms with E-state index >= 15 is 0 Å². The number of rotatable bonds is 4. The molecule has 0 aromatic carbocycles. The Bertz CT molecular complexity index is 780. The number of amides is 2. The number of carboxylic acid groups (broad SMARTS) is 1. The Balaban J connectivity index is 1.57. The highest BCUT2D eigenvalue weighted by atomic mass is 35.5. The molecule has 1 aliphatic carbocycles. The second-order valence-corrected chi connectivity index (χ2v) is 7.84. The first kappa shape index (κ1) is 17.8. The maximum Gasteiger partial charge on any atom is 0.320 e. The van der Waals surface area contributed by atoms with E-state index in [0.717, 1.165) is 10.6 Å². The van der Waals surface area contributed by atoms with Crippen molar-refractivity contribution in [3.8, 4) is 10.6 Å². The summed E-state index contributed by atoms with van der Waals surface area (Å²) in [6.45, 7) is 0. The molecule has 9 heteroatoms. The van der Waals surface area contributed by atoms with Gasteiger partial charge in [0.25, 0.3) is 0 Å². The molecule has 2 heterocycles. The van der Waals surface area contributed by atoms with E-state index in [0.29, 0.717) is 35.8 Å². The van der Waals surface area contributed by atoms with Crippen molar-refractivity contribution in [2.24, 2.45) is 13.0 Å². The summed E-state index contributed by atoms with van der Waals surface area (Å²) in [5.41, 5.74) is 0.747. The first-order valence-electron chi connectivity index (χ1n) is 8.02. The molecule has 3 rings (SSSR count). The van der Waals surface area contributed by atoms with Crippen LogP contribution in [0.5, 0.6) is 0 Å². The van der Waals surface area contributed by atoms with Crippen molar-refractivity contribution in [1.29, 1.82) is 0 Å². The topological polar surface area (TPSA) is 96.3 Å². The number of aryl methyl sites for hydroxylation is 1. The summed E-state index contributed by atoms with van der Waals surface area (Å²) in [5.74, 6) is -0.464. The van der Waals surface area contributed by atoms with Crippen molar-refractivity contribution in [1.82, 2.24) is 15.1 Å². The van der Waals surface area contributed by atoms with Crippen molar-refractivity contribution >= 4 is 40.8 Å². The van der Waals surface area contributed by atoms with Crippen LogP contribution in [0.2, 0.25) is 4.34 Å². The van der Waals surface area contributed by atoms with E-state index in [1.807, 2.05) is 12.1 Å². The van der Waals surface area contributed by atoms with E-state index in [2.05, 4.69) is 15.7 Å². The van der Waals surface area contributed by atoms with Crippen LogP contribution in [0.1, 0.15) is 25.7 Å². The maximum absolute atomic E-state index is 12.2. The Labute approximate surface area is 154 Å². The number of aliphatic carboxylic acids is 1. The lowest BCUT2D eigenvalue weighted by Crippen LogP contribution is -2.41. The zero-order valence-electron chi connectivity index (χ0n) is 13.7. The fraction of sp³-hybridized carbons (Fsp3) is 0.438. The van der Waals surface area contributed by atoms with Gasteiger partial charge in [-0.25, -0.2) is 4.79 Å². The van der Waals surface area contributed by atoms with Gasteiger partial charge in [0, 0.05) is 19.2 Å². The molecule has 0 bridgehead atoms. The Hall–Kier alpha value is -2.06. The zero-order valence-corrected chi connectivity index (χ0v) is 15.2. The van der Waals surface area contributed by atoms with Crippen molar-refractivity contribution < 1.29 is 14.7 Å². The quantitative estimate of drug-likeness (QED) is 0.753. The van der Waals surface area contributed by atoms with Crippen LogP contribution >= 0.6 is 22.9 Å². The summed E-state index contributed by atoms with van der Waals surface area (Å²) in [5, 5.41) is 19.1. The molecule has 0 atom stereocenters. The van der Waals surface area contributed by atoms with Gasteiger partial charge in [0.05, 0.1) is 15.1 Å². The fourth-order valence-corrected chi connectivity index (χ4v) is 3.98. The number of thiophene rings is 1. The van der Waals surface area contributed by atoms with Gasteiger partial charge in [0.1, 0.15) is 11.5 Å². The number of nitrogens with zero attached hydrogens (tertiary/aromatic N) is 2. The van der Waals surface area contributed by atoms with Crippen LogP contribution in [0, 0.1) is 5.92 Å². The van der Waals surface area contributed by atoms with Gasteiger partial charge in [-0.1, -0.05) is 11.6 Å². The SMILES string of the molecule is Cn1nc(-c2ccc(Cl)s2)cc1NC(=O)NC1CCC(C(=O)O)CC1. The molecule has 25 heavy (non-hydrogen) atoms. The average molecular weight is 383 g/mol. The third-order valence-corrected chi connectivity index (χ3v) is 5.61. The third kappa shape index (κ3) is 4.32. The van der Waals surface area contributed by atoms with Crippen LogP contribution in [0.4, 0.5) is 10.6 Å². The van der Waals surface area contributed by atoms with Crippen LogP contribution in [-0.2, 0) is 11.8 Å². The van der Waals surface area contributed by atoms with Crippen LogP contribution < -0.4 is 10.6 Å². The van der Waals surface area contributed by atoms with E-state index in [9.17, 15) is 9.59 Å². The Kier molecular flexibility index (Phi) is 5.29. The molecule has 0 spiro atoms. The highest BCUT2D eigenvalue weighted by Crippen LogP contribution is 2.31. The Morgan fingerprint density at radius 2 is 2.04 bits per heavy atom. The molecular formula is C16H19ClN4O3S. The van der Waals surface area contributed by atoms with Gasteiger partial charge < -0.3 is 10.4 Å². The second kappa shape index (κ2) is 7.45. The highest BCUT2D eigenvalue weighted by molar-refractivity contribution is 7.19.